The maximum Gasteiger partial charge on any atom is 0.338 e. The van der Waals surface area contributed by atoms with Gasteiger partial charge >= 0.3 is 11.9 Å². The van der Waals surface area contributed by atoms with Gasteiger partial charge in [0, 0.05) is 17.4 Å². The molecule has 78 valence electrons. The second-order valence-electron chi connectivity index (χ2n) is 2.29. The Balaban J connectivity index is 4.14. The fraction of sp³-hybridized carbons (Fsp3) is 0.333. The summed E-state index contributed by atoms with van der Waals surface area (Å²) in [5.41, 5.74) is 0.161. The summed E-state index contributed by atoms with van der Waals surface area (Å²) < 4.78 is 9.11. The Bertz CT molecular complexity index is 258. The zero-order valence-corrected chi connectivity index (χ0v) is 8.75. The number of carbonyl (C=O) groups is 2. The van der Waals surface area contributed by atoms with E-state index < -0.39 is 11.9 Å². The van der Waals surface area contributed by atoms with Crippen molar-refractivity contribution >= 4 is 24.6 Å². The monoisotopic (exact) mass is 216 g/mol. The van der Waals surface area contributed by atoms with E-state index in [9.17, 15) is 9.59 Å². The molecule has 0 aliphatic carbocycles. The minimum atomic E-state index is -0.622. The summed E-state index contributed by atoms with van der Waals surface area (Å²) >= 11 is 3.86. The van der Waals surface area contributed by atoms with E-state index in [1.54, 1.807) is 0 Å². The molecule has 0 N–H and O–H groups in total. The van der Waals surface area contributed by atoms with Crippen LogP contribution in [0.3, 0.4) is 0 Å². The van der Waals surface area contributed by atoms with Crippen LogP contribution in [-0.2, 0) is 19.1 Å². The molecule has 4 nitrogen and oxygen atoms in total. The highest BCUT2D eigenvalue weighted by Gasteiger charge is 2.07. The van der Waals surface area contributed by atoms with Crippen LogP contribution in [0.4, 0.5) is 0 Å². The highest BCUT2D eigenvalue weighted by Crippen LogP contribution is 1.97. The van der Waals surface area contributed by atoms with Gasteiger partial charge in [-0.3, -0.25) is 0 Å². The molecule has 0 saturated carbocycles. The highest BCUT2D eigenvalue weighted by atomic mass is 32.1. The normalized spacial score (nSPS) is 10.6. The molecule has 0 aliphatic rings. The Morgan fingerprint density at radius 2 is 2.14 bits per heavy atom. The fourth-order valence-electron chi connectivity index (χ4n) is 0.592. The standard InChI is InChI=1S/C9H12O4S/c1-3-12-9(11)7(2)6-8(10)13-4-5-14/h3,6,14H,1,4-5H2,2H3. The third-order valence-electron chi connectivity index (χ3n) is 1.18. The molecule has 0 atom stereocenters. The molecular weight excluding hydrogens is 204 g/mol. The molecule has 0 saturated heterocycles. The molecule has 0 aliphatic heterocycles. The maximum atomic E-state index is 11.0. The molecule has 0 aromatic carbocycles. The predicted octanol–water partition coefficient (Wildman–Crippen LogP) is 1.09. The molecule has 0 aromatic heterocycles. The van der Waals surface area contributed by atoms with Gasteiger partial charge in [-0.2, -0.15) is 12.6 Å². The minimum Gasteiger partial charge on any atom is -0.462 e. The number of carbonyl (C=O) groups excluding carboxylic acids is 2. The summed E-state index contributed by atoms with van der Waals surface area (Å²) in [4.78, 5) is 21.9. The topological polar surface area (TPSA) is 52.6 Å². The predicted molar refractivity (Wildman–Crippen MR) is 54.9 cm³/mol. The van der Waals surface area contributed by atoms with Gasteiger partial charge in [0.15, 0.2) is 0 Å². The molecule has 0 spiro atoms. The Hall–Kier alpha value is -1.23. The first-order valence-corrected chi connectivity index (χ1v) is 4.53. The van der Waals surface area contributed by atoms with E-state index in [1.807, 2.05) is 0 Å². The Morgan fingerprint density at radius 3 is 2.64 bits per heavy atom. The van der Waals surface area contributed by atoms with Crippen molar-refractivity contribution in [1.82, 2.24) is 0 Å². The molecule has 0 heterocycles. The van der Waals surface area contributed by atoms with Gasteiger partial charge in [-0.05, 0) is 6.92 Å². The first kappa shape index (κ1) is 12.8. The van der Waals surface area contributed by atoms with Crippen molar-refractivity contribution in [1.29, 1.82) is 0 Å². The highest BCUT2D eigenvalue weighted by molar-refractivity contribution is 7.80. The van der Waals surface area contributed by atoms with Crippen LogP contribution < -0.4 is 0 Å². The van der Waals surface area contributed by atoms with Crippen LogP contribution in [0.15, 0.2) is 24.5 Å². The third-order valence-corrected chi connectivity index (χ3v) is 1.36. The Kier molecular flexibility index (Phi) is 6.57. The van der Waals surface area contributed by atoms with Gasteiger partial charge in [-0.15, -0.1) is 0 Å². The van der Waals surface area contributed by atoms with Crippen LogP contribution in [0.25, 0.3) is 0 Å². The molecule has 14 heavy (non-hydrogen) atoms. The smallest absolute Gasteiger partial charge is 0.338 e. The number of esters is 2. The third kappa shape index (κ3) is 5.42. The van der Waals surface area contributed by atoms with Crippen LogP contribution in [0.2, 0.25) is 0 Å². The first-order valence-electron chi connectivity index (χ1n) is 3.89. The molecule has 0 unspecified atom stereocenters. The van der Waals surface area contributed by atoms with Crippen molar-refractivity contribution in [3.63, 3.8) is 0 Å². The summed E-state index contributed by atoms with van der Waals surface area (Å²) in [6.45, 7) is 4.88. The van der Waals surface area contributed by atoms with E-state index in [0.29, 0.717) is 5.75 Å². The van der Waals surface area contributed by atoms with E-state index in [0.717, 1.165) is 12.3 Å². The quantitative estimate of drug-likeness (QED) is 0.323. The average molecular weight is 216 g/mol. The van der Waals surface area contributed by atoms with Crippen molar-refractivity contribution in [2.24, 2.45) is 0 Å². The lowest BCUT2D eigenvalue weighted by molar-refractivity contribution is -0.138. The SMILES string of the molecule is C=COC(=O)C(C)=CC(=O)OCCS. The van der Waals surface area contributed by atoms with Crippen LogP contribution in [0.1, 0.15) is 6.92 Å². The van der Waals surface area contributed by atoms with Gasteiger partial charge in [0.1, 0.15) is 6.61 Å². The molecule has 0 rings (SSSR count). The van der Waals surface area contributed by atoms with E-state index >= 15 is 0 Å². The zero-order valence-electron chi connectivity index (χ0n) is 7.86. The van der Waals surface area contributed by atoms with E-state index in [4.69, 9.17) is 0 Å². The number of hydrogen-bond acceptors (Lipinski definition) is 5. The Labute approximate surface area is 88.0 Å². The lowest BCUT2D eigenvalue weighted by Crippen LogP contribution is -2.07. The number of thiol groups is 1. The van der Waals surface area contributed by atoms with Crippen molar-refractivity contribution < 1.29 is 19.1 Å². The van der Waals surface area contributed by atoms with Crippen molar-refractivity contribution in [2.45, 2.75) is 6.92 Å². The lowest BCUT2D eigenvalue weighted by Gasteiger charge is -2.00. The van der Waals surface area contributed by atoms with Crippen molar-refractivity contribution in [2.75, 3.05) is 12.4 Å². The average Bonchev–Trinajstić information content (AvgIpc) is 2.15. The molecular formula is C9H12O4S. The first-order chi connectivity index (χ1) is 6.61. The van der Waals surface area contributed by atoms with Crippen LogP contribution in [-0.4, -0.2) is 24.3 Å². The Morgan fingerprint density at radius 1 is 1.50 bits per heavy atom. The summed E-state index contributed by atoms with van der Waals surface area (Å²) in [5.74, 6) is -0.768. The van der Waals surface area contributed by atoms with E-state index in [2.05, 4.69) is 28.7 Å². The van der Waals surface area contributed by atoms with E-state index in [-0.39, 0.29) is 12.2 Å². The molecule has 0 aromatic rings. The van der Waals surface area contributed by atoms with Crippen LogP contribution in [0.5, 0.6) is 0 Å². The van der Waals surface area contributed by atoms with Crippen LogP contribution >= 0.6 is 12.6 Å². The molecule has 0 amide bonds. The van der Waals surface area contributed by atoms with Crippen LogP contribution in [0, 0.1) is 0 Å². The van der Waals surface area contributed by atoms with Crippen molar-refractivity contribution in [3.05, 3.63) is 24.5 Å². The largest absolute Gasteiger partial charge is 0.462 e. The summed E-state index contributed by atoms with van der Waals surface area (Å²) in [5, 5.41) is 0. The second kappa shape index (κ2) is 7.20. The van der Waals surface area contributed by atoms with Gasteiger partial charge < -0.3 is 9.47 Å². The second-order valence-corrected chi connectivity index (χ2v) is 2.74. The van der Waals surface area contributed by atoms with Gasteiger partial charge in [-0.1, -0.05) is 6.58 Å². The number of ether oxygens (including phenoxy) is 2. The van der Waals surface area contributed by atoms with Gasteiger partial charge in [0.25, 0.3) is 0 Å². The maximum absolute atomic E-state index is 11.0. The number of hydrogen-bond donors (Lipinski definition) is 1. The molecule has 0 radical (unpaired) electrons. The van der Waals surface area contributed by atoms with Crippen molar-refractivity contribution in [3.8, 4) is 0 Å². The minimum absolute atomic E-state index is 0.161. The molecule has 0 fully saturated rings. The fourth-order valence-corrected chi connectivity index (χ4v) is 0.684. The summed E-state index contributed by atoms with van der Waals surface area (Å²) in [7, 11) is 0. The lowest BCUT2D eigenvalue weighted by atomic mass is 10.3. The summed E-state index contributed by atoms with van der Waals surface area (Å²) in [6, 6.07) is 0. The number of rotatable bonds is 5. The van der Waals surface area contributed by atoms with E-state index in [1.165, 1.54) is 6.92 Å². The molecule has 0 bridgehead atoms. The van der Waals surface area contributed by atoms with Gasteiger partial charge in [-0.25, -0.2) is 9.59 Å². The zero-order chi connectivity index (χ0) is 11.0. The van der Waals surface area contributed by atoms with Gasteiger partial charge in [0.05, 0.1) is 6.26 Å². The molecule has 5 heteroatoms. The summed E-state index contributed by atoms with van der Waals surface area (Å²) in [6.07, 6.45) is 2.06. The van der Waals surface area contributed by atoms with Gasteiger partial charge in [0.2, 0.25) is 0 Å².